The van der Waals surface area contributed by atoms with Gasteiger partial charge in [0.05, 0.1) is 6.54 Å². The van der Waals surface area contributed by atoms with Gasteiger partial charge in [-0.1, -0.05) is 19.1 Å². The smallest absolute Gasteiger partial charge is 0.288 e. The number of imide groups is 2. The molecule has 1 aliphatic heterocycles. The maximum atomic E-state index is 12.9. The summed E-state index contributed by atoms with van der Waals surface area (Å²) in [5.41, 5.74) is 1.18. The zero-order chi connectivity index (χ0) is 17.1. The summed E-state index contributed by atoms with van der Waals surface area (Å²) >= 11 is 0. The minimum absolute atomic E-state index is 0.238. The Balaban J connectivity index is 2.26. The molecular formula is C16H18FN3O3. The third-order valence-electron chi connectivity index (χ3n) is 3.80. The van der Waals surface area contributed by atoms with Gasteiger partial charge >= 0.3 is 6.03 Å². The van der Waals surface area contributed by atoms with Gasteiger partial charge in [0.2, 0.25) is 11.8 Å². The third-order valence-corrected chi connectivity index (χ3v) is 3.80. The molecule has 0 aromatic heterocycles. The number of hydrogen-bond donors (Lipinski definition) is 0. The molecule has 2 rings (SSSR count). The molecule has 122 valence electrons. The molecule has 4 amide bonds. The SMILES string of the molecule is CCC(=NCc1ccc(F)cc1)C1C(=O)N(C)C(=O)N(C)C1=O. The van der Waals surface area contributed by atoms with E-state index in [-0.39, 0.29) is 12.4 Å². The molecule has 0 aliphatic carbocycles. The van der Waals surface area contributed by atoms with Crippen LogP contribution >= 0.6 is 0 Å². The van der Waals surface area contributed by atoms with Crippen LogP contribution in [0.1, 0.15) is 18.9 Å². The van der Waals surface area contributed by atoms with E-state index in [4.69, 9.17) is 0 Å². The highest BCUT2D eigenvalue weighted by Crippen LogP contribution is 2.19. The lowest BCUT2D eigenvalue weighted by Crippen LogP contribution is -2.58. The van der Waals surface area contributed by atoms with E-state index in [1.165, 1.54) is 26.2 Å². The maximum Gasteiger partial charge on any atom is 0.332 e. The number of urea groups is 1. The number of hydrogen-bond acceptors (Lipinski definition) is 4. The van der Waals surface area contributed by atoms with Crippen molar-refractivity contribution in [2.24, 2.45) is 10.9 Å². The standard InChI is InChI=1S/C16H18FN3O3/c1-4-12(18-9-10-5-7-11(17)8-6-10)13-14(21)19(2)16(23)20(3)15(13)22/h5-8,13H,4,9H2,1-3H3. The number of carbonyl (C=O) groups is 3. The molecule has 1 aliphatic rings. The number of rotatable bonds is 4. The first-order valence-electron chi connectivity index (χ1n) is 7.23. The molecule has 0 unspecified atom stereocenters. The fraction of sp³-hybridized carbons (Fsp3) is 0.375. The van der Waals surface area contributed by atoms with Gasteiger partial charge in [-0.2, -0.15) is 0 Å². The second-order valence-corrected chi connectivity index (χ2v) is 5.30. The van der Waals surface area contributed by atoms with Crippen LogP contribution in [0, 0.1) is 11.7 Å². The molecule has 0 radical (unpaired) electrons. The Morgan fingerprint density at radius 3 is 2.09 bits per heavy atom. The Kier molecular flexibility index (Phi) is 4.88. The lowest BCUT2D eigenvalue weighted by molar-refractivity contribution is -0.144. The van der Waals surface area contributed by atoms with Crippen LogP contribution in [-0.2, 0) is 16.1 Å². The van der Waals surface area contributed by atoms with Crippen molar-refractivity contribution in [2.75, 3.05) is 14.1 Å². The van der Waals surface area contributed by atoms with Gasteiger partial charge in [0.25, 0.3) is 0 Å². The Hall–Kier alpha value is -2.57. The Morgan fingerprint density at radius 1 is 1.09 bits per heavy atom. The molecule has 1 aromatic carbocycles. The van der Waals surface area contributed by atoms with Crippen molar-refractivity contribution in [1.82, 2.24) is 9.80 Å². The zero-order valence-electron chi connectivity index (χ0n) is 13.2. The topological polar surface area (TPSA) is 70.1 Å². The number of nitrogens with zero attached hydrogens (tertiary/aromatic N) is 3. The average molecular weight is 319 g/mol. The zero-order valence-corrected chi connectivity index (χ0v) is 13.2. The largest absolute Gasteiger partial charge is 0.332 e. The number of carbonyl (C=O) groups excluding carboxylic acids is 3. The van der Waals surface area contributed by atoms with E-state index in [1.807, 2.05) is 0 Å². The lowest BCUT2D eigenvalue weighted by Gasteiger charge is -2.33. The highest BCUT2D eigenvalue weighted by atomic mass is 19.1. The minimum atomic E-state index is -1.08. The quantitative estimate of drug-likeness (QED) is 0.628. The summed E-state index contributed by atoms with van der Waals surface area (Å²) in [6, 6.07) is 5.20. The number of amides is 4. The maximum absolute atomic E-state index is 12.9. The highest BCUT2D eigenvalue weighted by molar-refractivity contribution is 6.27. The first-order chi connectivity index (χ1) is 10.9. The third kappa shape index (κ3) is 3.28. The van der Waals surface area contributed by atoms with Crippen LogP contribution in [0.2, 0.25) is 0 Å². The summed E-state index contributed by atoms with van der Waals surface area (Å²) in [4.78, 5) is 42.5. The molecule has 6 nitrogen and oxygen atoms in total. The van der Waals surface area contributed by atoms with Crippen molar-refractivity contribution in [2.45, 2.75) is 19.9 Å². The molecule has 0 spiro atoms. The van der Waals surface area contributed by atoms with Gasteiger partial charge < -0.3 is 0 Å². The first kappa shape index (κ1) is 16.8. The monoisotopic (exact) mass is 319 g/mol. The van der Waals surface area contributed by atoms with Crippen molar-refractivity contribution < 1.29 is 18.8 Å². The van der Waals surface area contributed by atoms with Crippen molar-refractivity contribution >= 4 is 23.6 Å². The van der Waals surface area contributed by atoms with E-state index < -0.39 is 23.8 Å². The molecule has 1 saturated heterocycles. The van der Waals surface area contributed by atoms with Crippen molar-refractivity contribution in [1.29, 1.82) is 0 Å². The van der Waals surface area contributed by atoms with Gasteiger partial charge in [-0.05, 0) is 24.1 Å². The molecule has 7 heteroatoms. The molecule has 0 saturated carbocycles. The van der Waals surface area contributed by atoms with Gasteiger partial charge in [0.1, 0.15) is 5.82 Å². The molecule has 1 aromatic rings. The predicted molar refractivity (Wildman–Crippen MR) is 82.3 cm³/mol. The predicted octanol–water partition coefficient (Wildman–Crippen LogP) is 1.84. The highest BCUT2D eigenvalue weighted by Gasteiger charge is 2.44. The van der Waals surface area contributed by atoms with Crippen LogP contribution in [0.4, 0.5) is 9.18 Å². The Labute approximate surface area is 133 Å². The van der Waals surface area contributed by atoms with Gasteiger partial charge in [-0.15, -0.1) is 0 Å². The molecular weight excluding hydrogens is 301 g/mol. The van der Waals surface area contributed by atoms with Crippen LogP contribution < -0.4 is 0 Å². The van der Waals surface area contributed by atoms with Crippen molar-refractivity contribution in [3.05, 3.63) is 35.6 Å². The van der Waals surface area contributed by atoms with Gasteiger partial charge in [0, 0.05) is 19.8 Å². The van der Waals surface area contributed by atoms with Crippen molar-refractivity contribution in [3.63, 3.8) is 0 Å². The summed E-state index contributed by atoms with van der Waals surface area (Å²) < 4.78 is 12.9. The summed E-state index contributed by atoms with van der Waals surface area (Å²) in [5.74, 6) is -2.56. The van der Waals surface area contributed by atoms with Crippen molar-refractivity contribution in [3.8, 4) is 0 Å². The number of barbiturate groups is 1. The van der Waals surface area contributed by atoms with Crippen LogP contribution in [0.3, 0.4) is 0 Å². The lowest BCUT2D eigenvalue weighted by atomic mass is 9.96. The Morgan fingerprint density at radius 2 is 1.61 bits per heavy atom. The van der Waals surface area contributed by atoms with Gasteiger partial charge in [-0.3, -0.25) is 24.4 Å². The fourth-order valence-electron chi connectivity index (χ4n) is 2.38. The minimum Gasteiger partial charge on any atom is -0.288 e. The van der Waals surface area contributed by atoms with E-state index in [9.17, 15) is 18.8 Å². The number of halogens is 1. The second-order valence-electron chi connectivity index (χ2n) is 5.30. The molecule has 0 bridgehead atoms. The number of benzene rings is 1. The molecule has 1 heterocycles. The molecule has 0 N–H and O–H groups in total. The van der Waals surface area contributed by atoms with Crippen LogP contribution in [0.25, 0.3) is 0 Å². The summed E-state index contributed by atoms with van der Waals surface area (Å²) in [6.45, 7) is 2.03. The first-order valence-corrected chi connectivity index (χ1v) is 7.23. The summed E-state index contributed by atoms with van der Waals surface area (Å²) in [7, 11) is 2.68. The van der Waals surface area contributed by atoms with E-state index in [0.717, 1.165) is 15.4 Å². The molecule has 0 atom stereocenters. The van der Waals surface area contributed by atoms with Crippen LogP contribution in [0.15, 0.2) is 29.3 Å². The molecule has 1 fully saturated rings. The van der Waals surface area contributed by atoms with Gasteiger partial charge in [-0.25, -0.2) is 9.18 Å². The van der Waals surface area contributed by atoms with E-state index >= 15 is 0 Å². The van der Waals surface area contributed by atoms with E-state index in [1.54, 1.807) is 19.1 Å². The Bertz CT molecular complexity index is 646. The van der Waals surface area contributed by atoms with Crippen LogP contribution in [0.5, 0.6) is 0 Å². The number of aliphatic imine (C=N–C) groups is 1. The summed E-state index contributed by atoms with van der Waals surface area (Å²) in [5, 5.41) is 0. The average Bonchev–Trinajstić information content (AvgIpc) is 2.55. The van der Waals surface area contributed by atoms with Gasteiger partial charge in [0.15, 0.2) is 5.92 Å². The normalized spacial score (nSPS) is 17.2. The van der Waals surface area contributed by atoms with E-state index in [2.05, 4.69) is 4.99 Å². The van der Waals surface area contributed by atoms with Crippen LogP contribution in [-0.4, -0.2) is 47.5 Å². The second kappa shape index (κ2) is 6.68. The summed E-state index contributed by atoms with van der Waals surface area (Å²) in [6.07, 6.45) is 0.402. The fourth-order valence-corrected chi connectivity index (χ4v) is 2.38. The molecule has 23 heavy (non-hydrogen) atoms. The van der Waals surface area contributed by atoms with E-state index in [0.29, 0.717) is 12.1 Å².